The molecule has 5 nitrogen and oxygen atoms in total. The minimum atomic E-state index is -1.08. The number of halogens is 2. The van der Waals surface area contributed by atoms with E-state index in [0.717, 1.165) is 0 Å². The van der Waals surface area contributed by atoms with Crippen LogP contribution in [0.2, 0.25) is 10.0 Å². The van der Waals surface area contributed by atoms with E-state index in [2.05, 4.69) is 5.32 Å². The number of anilines is 1. The normalized spacial score (nSPS) is 11.8. The number of carbonyl (C=O) groups is 2. The summed E-state index contributed by atoms with van der Waals surface area (Å²) in [5.41, 5.74) is 0.277. The zero-order valence-corrected chi connectivity index (χ0v) is 12.7. The van der Waals surface area contributed by atoms with Gasteiger partial charge in [0.05, 0.1) is 15.7 Å². The lowest BCUT2D eigenvalue weighted by atomic mass is 10.2. The van der Waals surface area contributed by atoms with Gasteiger partial charge in [-0.15, -0.1) is 0 Å². The van der Waals surface area contributed by atoms with E-state index in [9.17, 15) is 9.59 Å². The fourth-order valence-electron chi connectivity index (χ4n) is 1.59. The van der Waals surface area contributed by atoms with Gasteiger partial charge in [0, 0.05) is 6.04 Å². The van der Waals surface area contributed by atoms with Crippen LogP contribution in [-0.2, 0) is 4.79 Å². The van der Waals surface area contributed by atoms with Crippen molar-refractivity contribution in [3.63, 3.8) is 0 Å². The number of hydrogen-bond donors (Lipinski definition) is 2. The van der Waals surface area contributed by atoms with Crippen LogP contribution in [0.15, 0.2) is 18.2 Å². The largest absolute Gasteiger partial charge is 0.480 e. The van der Waals surface area contributed by atoms with Gasteiger partial charge in [-0.1, -0.05) is 36.2 Å². The highest BCUT2D eigenvalue weighted by atomic mass is 35.5. The van der Waals surface area contributed by atoms with Crippen molar-refractivity contribution < 1.29 is 14.7 Å². The molecule has 0 aliphatic carbocycles. The first-order chi connectivity index (χ1) is 9.36. The number of hydrogen-bond acceptors (Lipinski definition) is 2. The van der Waals surface area contributed by atoms with Gasteiger partial charge < -0.3 is 15.3 Å². The quantitative estimate of drug-likeness (QED) is 0.869. The van der Waals surface area contributed by atoms with Crippen LogP contribution >= 0.6 is 23.2 Å². The molecule has 0 saturated heterocycles. The summed E-state index contributed by atoms with van der Waals surface area (Å²) in [4.78, 5) is 24.3. The second kappa shape index (κ2) is 7.36. The first kappa shape index (κ1) is 16.6. The fourth-order valence-corrected chi connectivity index (χ4v) is 2.08. The number of carboxylic acids is 1. The molecule has 0 aliphatic rings. The van der Waals surface area contributed by atoms with E-state index in [1.807, 2.05) is 6.92 Å². The number of rotatable bonds is 5. The molecule has 7 heteroatoms. The average Bonchev–Trinajstić information content (AvgIpc) is 2.39. The zero-order valence-electron chi connectivity index (χ0n) is 11.2. The summed E-state index contributed by atoms with van der Waals surface area (Å²) in [6.45, 7) is 3.26. The van der Waals surface area contributed by atoms with Crippen LogP contribution in [0.25, 0.3) is 0 Å². The molecule has 1 unspecified atom stereocenters. The van der Waals surface area contributed by atoms with Gasteiger partial charge in [-0.25, -0.2) is 4.79 Å². The van der Waals surface area contributed by atoms with E-state index in [1.165, 1.54) is 4.90 Å². The molecule has 1 aromatic carbocycles. The third-order valence-electron chi connectivity index (χ3n) is 2.88. The Kier molecular flexibility index (Phi) is 6.10. The Bertz CT molecular complexity index is 488. The van der Waals surface area contributed by atoms with Crippen molar-refractivity contribution in [2.45, 2.75) is 26.3 Å². The van der Waals surface area contributed by atoms with E-state index < -0.39 is 12.0 Å². The molecule has 0 spiro atoms. The molecule has 0 bridgehead atoms. The number of amides is 2. The Hall–Kier alpha value is -1.46. The van der Waals surface area contributed by atoms with E-state index in [0.29, 0.717) is 16.5 Å². The summed E-state index contributed by atoms with van der Waals surface area (Å²) < 4.78 is 0. The number of para-hydroxylation sites is 1. The van der Waals surface area contributed by atoms with Gasteiger partial charge in [-0.3, -0.25) is 4.79 Å². The van der Waals surface area contributed by atoms with E-state index in [4.69, 9.17) is 28.3 Å². The first-order valence-corrected chi connectivity index (χ1v) is 6.85. The molecular weight excluding hydrogens is 303 g/mol. The third-order valence-corrected chi connectivity index (χ3v) is 3.51. The van der Waals surface area contributed by atoms with E-state index in [1.54, 1.807) is 25.1 Å². The number of nitrogens with one attached hydrogen (secondary N) is 1. The molecule has 0 radical (unpaired) electrons. The van der Waals surface area contributed by atoms with Gasteiger partial charge in [-0.2, -0.15) is 0 Å². The summed E-state index contributed by atoms with van der Waals surface area (Å²) in [6.07, 6.45) is 0.636. The summed E-state index contributed by atoms with van der Waals surface area (Å²) in [5, 5.41) is 12.0. The third kappa shape index (κ3) is 4.28. The van der Waals surface area contributed by atoms with Crippen molar-refractivity contribution in [1.82, 2.24) is 4.90 Å². The smallest absolute Gasteiger partial charge is 0.323 e. The molecule has 1 aromatic rings. The number of aliphatic carboxylic acids is 1. The Balaban J connectivity index is 2.93. The monoisotopic (exact) mass is 318 g/mol. The highest BCUT2D eigenvalue weighted by molar-refractivity contribution is 6.39. The predicted molar refractivity (Wildman–Crippen MR) is 79.6 cm³/mol. The molecule has 20 heavy (non-hydrogen) atoms. The summed E-state index contributed by atoms with van der Waals surface area (Å²) in [5.74, 6) is -1.08. The van der Waals surface area contributed by atoms with Crippen molar-refractivity contribution in [2.75, 3.05) is 11.9 Å². The lowest BCUT2D eigenvalue weighted by molar-refractivity contribution is -0.138. The van der Waals surface area contributed by atoms with Crippen LogP contribution in [-0.4, -0.2) is 34.6 Å². The van der Waals surface area contributed by atoms with Crippen LogP contribution in [0.4, 0.5) is 10.5 Å². The minimum absolute atomic E-state index is 0.215. The maximum atomic E-state index is 12.2. The fraction of sp³-hybridized carbons (Fsp3) is 0.385. The van der Waals surface area contributed by atoms with E-state index in [-0.39, 0.29) is 18.3 Å². The molecule has 1 atom stereocenters. The molecule has 1 rings (SSSR count). The second-order valence-electron chi connectivity index (χ2n) is 4.31. The number of carbonyl (C=O) groups excluding carboxylic acids is 1. The van der Waals surface area contributed by atoms with Crippen LogP contribution in [0.1, 0.15) is 20.3 Å². The molecule has 110 valence electrons. The minimum Gasteiger partial charge on any atom is -0.480 e. The molecule has 2 amide bonds. The summed E-state index contributed by atoms with van der Waals surface area (Å²) in [6, 6.07) is 4.08. The van der Waals surface area contributed by atoms with Crippen molar-refractivity contribution in [3.05, 3.63) is 28.2 Å². The number of urea groups is 1. The Morgan fingerprint density at radius 3 is 2.35 bits per heavy atom. The van der Waals surface area contributed by atoms with Gasteiger partial charge in [0.1, 0.15) is 6.54 Å². The maximum absolute atomic E-state index is 12.2. The number of nitrogens with zero attached hydrogens (tertiary/aromatic N) is 1. The van der Waals surface area contributed by atoms with Crippen LogP contribution < -0.4 is 5.32 Å². The Labute approximate surface area is 127 Å². The van der Waals surface area contributed by atoms with Crippen LogP contribution in [0, 0.1) is 0 Å². The molecule has 0 saturated carbocycles. The van der Waals surface area contributed by atoms with Crippen molar-refractivity contribution in [2.24, 2.45) is 0 Å². The second-order valence-corrected chi connectivity index (χ2v) is 5.12. The lowest BCUT2D eigenvalue weighted by Gasteiger charge is -2.27. The highest BCUT2D eigenvalue weighted by Gasteiger charge is 2.22. The van der Waals surface area contributed by atoms with E-state index >= 15 is 0 Å². The van der Waals surface area contributed by atoms with Crippen LogP contribution in [0.5, 0.6) is 0 Å². The number of benzene rings is 1. The summed E-state index contributed by atoms with van der Waals surface area (Å²) >= 11 is 11.9. The number of carboxylic acid groups (broad SMARTS) is 1. The van der Waals surface area contributed by atoms with Crippen LogP contribution in [0.3, 0.4) is 0 Å². The molecule has 0 fully saturated rings. The van der Waals surface area contributed by atoms with Gasteiger partial charge >= 0.3 is 12.0 Å². The van der Waals surface area contributed by atoms with Gasteiger partial charge in [0.25, 0.3) is 0 Å². The molecule has 0 aromatic heterocycles. The zero-order chi connectivity index (χ0) is 15.3. The van der Waals surface area contributed by atoms with Gasteiger partial charge in [0.2, 0.25) is 0 Å². The summed E-state index contributed by atoms with van der Waals surface area (Å²) in [7, 11) is 0. The van der Waals surface area contributed by atoms with Gasteiger partial charge in [-0.05, 0) is 25.5 Å². The van der Waals surface area contributed by atoms with Crippen molar-refractivity contribution in [1.29, 1.82) is 0 Å². The molecule has 0 heterocycles. The first-order valence-electron chi connectivity index (χ1n) is 6.10. The molecule has 0 aliphatic heterocycles. The highest BCUT2D eigenvalue weighted by Crippen LogP contribution is 2.30. The Morgan fingerprint density at radius 2 is 1.90 bits per heavy atom. The maximum Gasteiger partial charge on any atom is 0.323 e. The topological polar surface area (TPSA) is 69.6 Å². The lowest BCUT2D eigenvalue weighted by Crippen LogP contribution is -2.44. The average molecular weight is 319 g/mol. The standard InChI is InChI=1S/C13H16Cl2N2O3/c1-3-8(2)17(7-11(18)19)13(20)16-12-9(14)5-4-6-10(12)15/h4-6,8H,3,7H2,1-2H3,(H,16,20)(H,18,19). The predicted octanol–water partition coefficient (Wildman–Crippen LogP) is 3.71. The molecular formula is C13H16Cl2N2O3. The Morgan fingerprint density at radius 1 is 1.35 bits per heavy atom. The SMILES string of the molecule is CCC(C)N(CC(=O)O)C(=O)Nc1c(Cl)cccc1Cl. The van der Waals surface area contributed by atoms with Gasteiger partial charge in [0.15, 0.2) is 0 Å². The van der Waals surface area contributed by atoms with Crippen molar-refractivity contribution in [3.8, 4) is 0 Å². The molecule has 2 N–H and O–H groups in total. The van der Waals surface area contributed by atoms with Crippen molar-refractivity contribution >= 4 is 40.9 Å².